The molecule has 1 heteroatoms. The third-order valence-electron chi connectivity index (χ3n) is 3.12. The number of hydrogen-bond donors (Lipinski definition) is 1. The van der Waals surface area contributed by atoms with Crippen molar-refractivity contribution in [1.29, 1.82) is 0 Å². The molecule has 0 aromatic heterocycles. The third-order valence-corrected chi connectivity index (χ3v) is 3.12. The molecule has 0 aromatic carbocycles. The lowest BCUT2D eigenvalue weighted by Crippen LogP contribution is -2.07. The van der Waals surface area contributed by atoms with Crippen LogP contribution in [0.1, 0.15) is 71.6 Å². The molecule has 0 fully saturated rings. The van der Waals surface area contributed by atoms with Gasteiger partial charge in [0.2, 0.25) is 0 Å². The van der Waals surface area contributed by atoms with Crippen LogP contribution >= 0.6 is 0 Å². The summed E-state index contributed by atoms with van der Waals surface area (Å²) in [7, 11) is 0. The van der Waals surface area contributed by atoms with Crippen LogP contribution in [0.2, 0.25) is 0 Å². The molecule has 0 heterocycles. The topological polar surface area (TPSA) is 26.0 Å². The van der Waals surface area contributed by atoms with E-state index in [-0.39, 0.29) is 0 Å². The summed E-state index contributed by atoms with van der Waals surface area (Å²) in [5.41, 5.74) is 5.57. The van der Waals surface area contributed by atoms with Crippen molar-refractivity contribution in [3.63, 3.8) is 0 Å². The van der Waals surface area contributed by atoms with Crippen LogP contribution in [-0.2, 0) is 0 Å². The fourth-order valence-electron chi connectivity index (χ4n) is 2.00. The highest BCUT2D eigenvalue weighted by Crippen LogP contribution is 2.17. The Bertz CT molecular complexity index is 101. The fourth-order valence-corrected chi connectivity index (χ4v) is 2.00. The average molecular weight is 199 g/mol. The van der Waals surface area contributed by atoms with Gasteiger partial charge < -0.3 is 5.73 Å². The molecule has 14 heavy (non-hydrogen) atoms. The molecule has 1 nitrogen and oxygen atoms in total. The van der Waals surface area contributed by atoms with Gasteiger partial charge in [0.25, 0.3) is 0 Å². The van der Waals surface area contributed by atoms with Crippen molar-refractivity contribution < 1.29 is 0 Å². The van der Waals surface area contributed by atoms with Crippen LogP contribution < -0.4 is 5.73 Å². The summed E-state index contributed by atoms with van der Waals surface area (Å²) in [6, 6.07) is 0. The molecule has 1 atom stereocenters. The summed E-state index contributed by atoms with van der Waals surface area (Å²) in [5.74, 6) is 0.895. The minimum atomic E-state index is 0.869. The molecule has 0 saturated carbocycles. The molecule has 2 N–H and O–H groups in total. The average Bonchev–Trinajstić information content (AvgIpc) is 2.21. The molecule has 1 unspecified atom stereocenters. The number of nitrogens with two attached hydrogens (primary N) is 1. The van der Waals surface area contributed by atoms with E-state index in [1.54, 1.807) is 0 Å². The van der Waals surface area contributed by atoms with E-state index in [1.807, 2.05) is 0 Å². The van der Waals surface area contributed by atoms with E-state index in [0.717, 1.165) is 12.5 Å². The Morgan fingerprint density at radius 3 is 2.07 bits per heavy atom. The quantitative estimate of drug-likeness (QED) is 0.526. The maximum atomic E-state index is 5.57. The zero-order valence-corrected chi connectivity index (χ0v) is 10.2. The van der Waals surface area contributed by atoms with E-state index < -0.39 is 0 Å². The predicted molar refractivity (Wildman–Crippen MR) is 65.4 cm³/mol. The second-order valence-corrected chi connectivity index (χ2v) is 4.41. The van der Waals surface area contributed by atoms with Gasteiger partial charge in [-0.2, -0.15) is 0 Å². The van der Waals surface area contributed by atoms with Crippen molar-refractivity contribution in [3.8, 4) is 0 Å². The van der Waals surface area contributed by atoms with Gasteiger partial charge in [-0.15, -0.1) is 0 Å². The Kier molecular flexibility index (Phi) is 11.0. The number of hydrogen-bond acceptors (Lipinski definition) is 1. The van der Waals surface area contributed by atoms with Crippen molar-refractivity contribution in [2.45, 2.75) is 71.6 Å². The number of unbranched alkanes of at least 4 members (excludes halogenated alkanes) is 5. The standard InChI is InChI=1S/C13H29N/c1-3-5-6-7-8-9-10-13(4-2)11-12-14/h13H,3-12,14H2,1-2H3. The molecule has 0 aliphatic rings. The molecule has 0 aliphatic carbocycles. The van der Waals surface area contributed by atoms with Gasteiger partial charge in [0.05, 0.1) is 0 Å². The Morgan fingerprint density at radius 1 is 0.857 bits per heavy atom. The van der Waals surface area contributed by atoms with Gasteiger partial charge >= 0.3 is 0 Å². The van der Waals surface area contributed by atoms with Crippen molar-refractivity contribution in [2.24, 2.45) is 11.7 Å². The van der Waals surface area contributed by atoms with Crippen molar-refractivity contribution in [1.82, 2.24) is 0 Å². The Morgan fingerprint density at radius 2 is 1.50 bits per heavy atom. The van der Waals surface area contributed by atoms with E-state index >= 15 is 0 Å². The molecule has 0 rings (SSSR count). The minimum absolute atomic E-state index is 0.869. The SMILES string of the molecule is CCCCCCCCC(CC)CCN. The van der Waals surface area contributed by atoms with Crippen LogP contribution in [-0.4, -0.2) is 6.54 Å². The van der Waals surface area contributed by atoms with E-state index in [9.17, 15) is 0 Å². The molecule has 0 aromatic rings. The lowest BCUT2D eigenvalue weighted by atomic mass is 9.95. The van der Waals surface area contributed by atoms with Crippen LogP contribution in [0.4, 0.5) is 0 Å². The summed E-state index contributed by atoms with van der Waals surface area (Å²) in [5, 5.41) is 0. The third kappa shape index (κ3) is 8.55. The maximum Gasteiger partial charge on any atom is -0.00746 e. The summed E-state index contributed by atoms with van der Waals surface area (Å²) in [6.07, 6.45) is 12.4. The molecule has 0 amide bonds. The zero-order valence-electron chi connectivity index (χ0n) is 10.2. The van der Waals surface area contributed by atoms with E-state index in [0.29, 0.717) is 0 Å². The summed E-state index contributed by atoms with van der Waals surface area (Å²) in [4.78, 5) is 0. The highest BCUT2D eigenvalue weighted by molar-refractivity contribution is 4.58. The molecule has 0 saturated heterocycles. The Balaban J connectivity index is 3.15. The summed E-state index contributed by atoms with van der Waals surface area (Å²) >= 11 is 0. The van der Waals surface area contributed by atoms with Gasteiger partial charge in [0, 0.05) is 0 Å². The lowest BCUT2D eigenvalue weighted by molar-refractivity contribution is 0.417. The predicted octanol–water partition coefficient (Wildman–Crippen LogP) is 4.11. The Labute approximate surface area is 90.5 Å². The molecule has 86 valence electrons. The first kappa shape index (κ1) is 14.0. The minimum Gasteiger partial charge on any atom is -0.330 e. The first-order chi connectivity index (χ1) is 6.85. The molecule has 0 aliphatic heterocycles. The zero-order chi connectivity index (χ0) is 10.6. The number of rotatable bonds is 10. The van der Waals surface area contributed by atoms with Crippen LogP contribution in [0.15, 0.2) is 0 Å². The second-order valence-electron chi connectivity index (χ2n) is 4.41. The second kappa shape index (κ2) is 11.0. The van der Waals surface area contributed by atoms with Crippen LogP contribution in [0, 0.1) is 5.92 Å². The smallest absolute Gasteiger partial charge is 0.00746 e. The highest BCUT2D eigenvalue weighted by atomic mass is 14.5. The molecule has 0 bridgehead atoms. The van der Waals surface area contributed by atoms with Gasteiger partial charge in [0.1, 0.15) is 0 Å². The fraction of sp³-hybridized carbons (Fsp3) is 1.00. The van der Waals surface area contributed by atoms with E-state index in [2.05, 4.69) is 13.8 Å². The normalized spacial score (nSPS) is 13.1. The Hall–Kier alpha value is -0.0400. The molecular weight excluding hydrogens is 170 g/mol. The highest BCUT2D eigenvalue weighted by Gasteiger charge is 2.03. The van der Waals surface area contributed by atoms with Crippen molar-refractivity contribution >= 4 is 0 Å². The molecular formula is C13H29N. The monoisotopic (exact) mass is 199 g/mol. The maximum absolute atomic E-state index is 5.57. The van der Waals surface area contributed by atoms with E-state index in [4.69, 9.17) is 5.73 Å². The van der Waals surface area contributed by atoms with Crippen LogP contribution in [0.3, 0.4) is 0 Å². The first-order valence-corrected chi connectivity index (χ1v) is 6.55. The molecule has 0 spiro atoms. The summed E-state index contributed by atoms with van der Waals surface area (Å²) < 4.78 is 0. The van der Waals surface area contributed by atoms with Gasteiger partial charge in [-0.25, -0.2) is 0 Å². The van der Waals surface area contributed by atoms with Gasteiger partial charge in [-0.05, 0) is 18.9 Å². The summed E-state index contributed by atoms with van der Waals surface area (Å²) in [6.45, 7) is 5.43. The van der Waals surface area contributed by atoms with E-state index in [1.165, 1.54) is 57.8 Å². The van der Waals surface area contributed by atoms with Gasteiger partial charge in [-0.1, -0.05) is 65.2 Å². The largest absolute Gasteiger partial charge is 0.330 e. The molecule has 0 radical (unpaired) electrons. The van der Waals surface area contributed by atoms with Crippen LogP contribution in [0.5, 0.6) is 0 Å². The first-order valence-electron chi connectivity index (χ1n) is 6.55. The lowest BCUT2D eigenvalue weighted by Gasteiger charge is -2.12. The van der Waals surface area contributed by atoms with Crippen molar-refractivity contribution in [3.05, 3.63) is 0 Å². The van der Waals surface area contributed by atoms with Gasteiger partial charge in [-0.3, -0.25) is 0 Å². The van der Waals surface area contributed by atoms with Crippen LogP contribution in [0.25, 0.3) is 0 Å². The van der Waals surface area contributed by atoms with Crippen molar-refractivity contribution in [2.75, 3.05) is 6.54 Å². The van der Waals surface area contributed by atoms with Gasteiger partial charge in [0.15, 0.2) is 0 Å².